The van der Waals surface area contributed by atoms with E-state index >= 15 is 0 Å². The third-order valence-electron chi connectivity index (χ3n) is 4.53. The van der Waals surface area contributed by atoms with Crippen molar-refractivity contribution in [2.24, 2.45) is 0 Å². The second-order valence-corrected chi connectivity index (χ2v) is 7.40. The molecule has 1 amide bonds. The molecule has 31 heavy (non-hydrogen) atoms. The van der Waals surface area contributed by atoms with Gasteiger partial charge in [0.2, 0.25) is 5.91 Å². The number of methoxy groups -OCH3 is 2. The summed E-state index contributed by atoms with van der Waals surface area (Å²) in [5, 5.41) is 12.9. The quantitative estimate of drug-likeness (QED) is 0.477. The Morgan fingerprint density at radius 1 is 1.06 bits per heavy atom. The van der Waals surface area contributed by atoms with Gasteiger partial charge in [-0.15, -0.1) is 11.3 Å². The molecular weight excluding hydrogens is 418 g/mol. The van der Waals surface area contributed by atoms with Crippen molar-refractivity contribution in [3.8, 4) is 27.6 Å². The van der Waals surface area contributed by atoms with Crippen LogP contribution in [0.5, 0.6) is 11.5 Å². The van der Waals surface area contributed by atoms with Crippen LogP contribution in [-0.2, 0) is 11.3 Å². The number of carbonyl (C=O) groups is 1. The number of carbonyl (C=O) groups excluding carboxylic acids is 1. The Morgan fingerprint density at radius 2 is 1.87 bits per heavy atom. The van der Waals surface area contributed by atoms with Gasteiger partial charge in [-0.3, -0.25) is 4.79 Å². The molecule has 0 bridgehead atoms. The maximum Gasteiger partial charge on any atom is 0.369 e. The van der Waals surface area contributed by atoms with Gasteiger partial charge in [0, 0.05) is 11.3 Å². The van der Waals surface area contributed by atoms with Crippen molar-refractivity contribution in [1.29, 1.82) is 0 Å². The molecule has 9 nitrogen and oxygen atoms in total. The summed E-state index contributed by atoms with van der Waals surface area (Å²) in [6.45, 7) is -0.256. The van der Waals surface area contributed by atoms with E-state index in [9.17, 15) is 9.59 Å². The first-order chi connectivity index (χ1) is 15.1. The first kappa shape index (κ1) is 20.4. The Kier molecular flexibility index (Phi) is 5.80. The molecule has 0 radical (unpaired) electrons. The monoisotopic (exact) mass is 437 g/mol. The molecule has 0 unspecified atom stereocenters. The molecule has 2 heterocycles. The first-order valence-electron chi connectivity index (χ1n) is 9.28. The number of hydrogen-bond acceptors (Lipinski definition) is 7. The average molecular weight is 437 g/mol. The molecule has 0 fully saturated rings. The van der Waals surface area contributed by atoms with Gasteiger partial charge in [0.25, 0.3) is 0 Å². The summed E-state index contributed by atoms with van der Waals surface area (Å²) in [5.41, 5.74) is 1.80. The molecule has 1 N–H and O–H groups in total. The van der Waals surface area contributed by atoms with Crippen LogP contribution >= 0.6 is 11.3 Å². The van der Waals surface area contributed by atoms with Crippen molar-refractivity contribution in [3.63, 3.8) is 0 Å². The van der Waals surface area contributed by atoms with E-state index in [0.29, 0.717) is 16.4 Å². The third kappa shape index (κ3) is 4.33. The molecule has 4 rings (SSSR count). The zero-order valence-electron chi connectivity index (χ0n) is 16.8. The molecule has 0 spiro atoms. The highest BCUT2D eigenvalue weighted by molar-refractivity contribution is 7.12. The second kappa shape index (κ2) is 8.84. The summed E-state index contributed by atoms with van der Waals surface area (Å²) in [5.74, 6) is 1.01. The van der Waals surface area contributed by atoms with Crippen LogP contribution in [0.3, 0.4) is 0 Å². The minimum Gasteiger partial charge on any atom is -0.497 e. The molecule has 0 aliphatic rings. The molecule has 4 aromatic rings. The van der Waals surface area contributed by atoms with Gasteiger partial charge in [-0.1, -0.05) is 12.1 Å². The lowest BCUT2D eigenvalue weighted by Gasteiger charge is -2.12. The van der Waals surface area contributed by atoms with E-state index in [4.69, 9.17) is 9.47 Å². The SMILES string of the molecule is COc1ccc(-c2cc(NC(=O)Cn3nnn(-c4cccs4)c3=O)ccc2OC)cc1. The van der Waals surface area contributed by atoms with Crippen molar-refractivity contribution in [3.05, 3.63) is 70.5 Å². The summed E-state index contributed by atoms with van der Waals surface area (Å²) in [7, 11) is 3.19. The van der Waals surface area contributed by atoms with Gasteiger partial charge in [-0.2, -0.15) is 9.36 Å². The number of benzene rings is 2. The Bertz CT molecular complexity index is 1250. The van der Waals surface area contributed by atoms with Gasteiger partial charge in [0.05, 0.1) is 14.2 Å². The fraction of sp³-hybridized carbons (Fsp3) is 0.143. The maximum absolute atomic E-state index is 12.5. The average Bonchev–Trinajstić information content (AvgIpc) is 3.44. The molecule has 0 atom stereocenters. The highest BCUT2D eigenvalue weighted by Crippen LogP contribution is 2.33. The molecular formula is C21H19N5O4S. The van der Waals surface area contributed by atoms with Crippen LogP contribution in [0, 0.1) is 0 Å². The van der Waals surface area contributed by atoms with Gasteiger partial charge in [0.15, 0.2) is 0 Å². The van der Waals surface area contributed by atoms with E-state index in [0.717, 1.165) is 26.2 Å². The van der Waals surface area contributed by atoms with E-state index in [1.165, 1.54) is 11.3 Å². The molecule has 158 valence electrons. The highest BCUT2D eigenvalue weighted by Gasteiger charge is 2.14. The van der Waals surface area contributed by atoms with Crippen LogP contribution in [0.2, 0.25) is 0 Å². The number of amides is 1. The van der Waals surface area contributed by atoms with Gasteiger partial charge >= 0.3 is 5.69 Å². The lowest BCUT2D eigenvalue weighted by molar-refractivity contribution is -0.117. The number of thiophene rings is 1. The molecule has 2 aromatic heterocycles. The molecule has 2 aromatic carbocycles. The number of hydrogen-bond donors (Lipinski definition) is 1. The van der Waals surface area contributed by atoms with Crippen LogP contribution in [0.25, 0.3) is 16.1 Å². The Balaban J connectivity index is 1.53. The van der Waals surface area contributed by atoms with Crippen LogP contribution in [0.4, 0.5) is 5.69 Å². The van der Waals surface area contributed by atoms with Crippen LogP contribution in [0.15, 0.2) is 64.8 Å². The van der Waals surface area contributed by atoms with E-state index < -0.39 is 11.6 Å². The van der Waals surface area contributed by atoms with Crippen LogP contribution in [0.1, 0.15) is 0 Å². The molecule has 0 aliphatic carbocycles. The van der Waals surface area contributed by atoms with Crippen molar-refractivity contribution in [2.45, 2.75) is 6.54 Å². The van der Waals surface area contributed by atoms with Gasteiger partial charge in [0.1, 0.15) is 23.0 Å². The maximum atomic E-state index is 12.5. The highest BCUT2D eigenvalue weighted by atomic mass is 32.1. The Hall–Kier alpha value is -3.92. The standard InChI is InChI=1S/C21H19N5O4S/c1-29-16-8-5-14(6-9-16)17-12-15(7-10-18(17)30-2)22-19(27)13-25-21(28)26(24-23-25)20-4-3-11-31-20/h3-12H,13H2,1-2H3,(H,22,27). The lowest BCUT2D eigenvalue weighted by atomic mass is 10.0. The summed E-state index contributed by atoms with van der Waals surface area (Å²) in [4.78, 5) is 25.0. The van der Waals surface area contributed by atoms with Crippen molar-refractivity contribution in [1.82, 2.24) is 19.8 Å². The topological polar surface area (TPSA) is 100 Å². The fourth-order valence-corrected chi connectivity index (χ4v) is 3.69. The fourth-order valence-electron chi connectivity index (χ4n) is 3.02. The lowest BCUT2D eigenvalue weighted by Crippen LogP contribution is -2.29. The predicted octanol–water partition coefficient (Wildman–Crippen LogP) is 2.81. The van der Waals surface area contributed by atoms with Crippen molar-refractivity contribution < 1.29 is 14.3 Å². The zero-order chi connectivity index (χ0) is 21.8. The number of nitrogens with one attached hydrogen (secondary N) is 1. The van der Waals surface area contributed by atoms with Gasteiger partial charge in [-0.25, -0.2) is 4.79 Å². The number of ether oxygens (including phenoxy) is 2. The number of rotatable bonds is 7. The molecule has 0 saturated heterocycles. The normalized spacial score (nSPS) is 10.6. The third-order valence-corrected chi connectivity index (χ3v) is 5.38. The summed E-state index contributed by atoms with van der Waals surface area (Å²) in [6, 6.07) is 16.4. The molecule has 10 heteroatoms. The number of aromatic nitrogens is 4. The molecule has 0 saturated carbocycles. The minimum atomic E-state index is -0.480. The van der Waals surface area contributed by atoms with E-state index in [-0.39, 0.29) is 6.54 Å². The second-order valence-electron chi connectivity index (χ2n) is 6.47. The van der Waals surface area contributed by atoms with Crippen LogP contribution < -0.4 is 20.5 Å². The van der Waals surface area contributed by atoms with E-state index in [1.54, 1.807) is 32.4 Å². The van der Waals surface area contributed by atoms with E-state index in [2.05, 4.69) is 15.7 Å². The predicted molar refractivity (Wildman–Crippen MR) is 117 cm³/mol. The Morgan fingerprint density at radius 3 is 2.55 bits per heavy atom. The number of tetrazole rings is 1. The summed E-state index contributed by atoms with van der Waals surface area (Å²) >= 11 is 1.36. The zero-order valence-corrected chi connectivity index (χ0v) is 17.6. The first-order valence-corrected chi connectivity index (χ1v) is 10.2. The Labute approximate surface area is 181 Å². The van der Waals surface area contributed by atoms with Crippen LogP contribution in [-0.4, -0.2) is 39.9 Å². The minimum absolute atomic E-state index is 0.256. The molecule has 0 aliphatic heterocycles. The summed E-state index contributed by atoms with van der Waals surface area (Å²) < 4.78 is 12.8. The smallest absolute Gasteiger partial charge is 0.369 e. The van der Waals surface area contributed by atoms with Gasteiger partial charge < -0.3 is 14.8 Å². The number of nitrogens with zero attached hydrogens (tertiary/aromatic N) is 4. The van der Waals surface area contributed by atoms with Crippen molar-refractivity contribution in [2.75, 3.05) is 19.5 Å². The number of anilines is 1. The summed E-state index contributed by atoms with van der Waals surface area (Å²) in [6.07, 6.45) is 0. The largest absolute Gasteiger partial charge is 0.497 e. The van der Waals surface area contributed by atoms with E-state index in [1.807, 2.05) is 41.8 Å². The van der Waals surface area contributed by atoms with Crippen molar-refractivity contribution >= 4 is 22.9 Å². The van der Waals surface area contributed by atoms with Gasteiger partial charge in [-0.05, 0) is 63.8 Å².